The Balaban J connectivity index is 1.45. The van der Waals surface area contributed by atoms with Crippen LogP contribution < -0.4 is 10.1 Å². The number of ketones is 1. The number of benzene rings is 1. The SMILES string of the molecule is CCOc1ccc(C(=O)CN2CCOCC2)cc1C1=NN2C(C(=O)N1)C(C)=NC2C1CCCC1. The number of rotatable bonds is 7. The third-order valence-corrected chi connectivity index (χ3v) is 7.12. The molecule has 2 atom stereocenters. The molecule has 2 fully saturated rings. The van der Waals surface area contributed by atoms with Gasteiger partial charge in [-0.2, -0.15) is 5.10 Å². The third-order valence-electron chi connectivity index (χ3n) is 7.12. The van der Waals surface area contributed by atoms with E-state index in [2.05, 4.69) is 10.2 Å². The van der Waals surface area contributed by atoms with Crippen molar-refractivity contribution in [2.45, 2.75) is 51.7 Å². The standard InChI is InChI=1S/C25H33N5O4/c1-3-34-21-9-8-18(20(31)15-29-10-12-33-13-11-29)14-19(21)23-27-25(32)22-16(2)26-24(30(22)28-23)17-6-4-5-7-17/h8-9,14,17,22,24H,3-7,10-13,15H2,1-2H3,(H,27,28,32). The van der Waals surface area contributed by atoms with Gasteiger partial charge in [0.1, 0.15) is 11.9 Å². The minimum atomic E-state index is -0.476. The molecule has 1 aromatic carbocycles. The van der Waals surface area contributed by atoms with Crippen LogP contribution in [0.2, 0.25) is 0 Å². The summed E-state index contributed by atoms with van der Waals surface area (Å²) in [4.78, 5) is 33.1. The van der Waals surface area contributed by atoms with E-state index in [1.165, 1.54) is 12.8 Å². The third kappa shape index (κ3) is 4.46. The van der Waals surface area contributed by atoms with Crippen LogP contribution in [0.4, 0.5) is 0 Å². The van der Waals surface area contributed by atoms with Crippen molar-refractivity contribution in [2.75, 3.05) is 39.5 Å². The second-order valence-electron chi connectivity index (χ2n) is 9.40. The largest absolute Gasteiger partial charge is 0.493 e. The van der Waals surface area contributed by atoms with Crippen molar-refractivity contribution in [3.05, 3.63) is 29.3 Å². The van der Waals surface area contributed by atoms with Gasteiger partial charge in [0, 0.05) is 30.3 Å². The molecule has 1 saturated carbocycles. The van der Waals surface area contributed by atoms with Crippen molar-refractivity contribution < 1.29 is 19.1 Å². The molecule has 5 rings (SSSR count). The summed E-state index contributed by atoms with van der Waals surface area (Å²) in [5, 5.41) is 9.72. The van der Waals surface area contributed by atoms with Gasteiger partial charge in [0.05, 0.1) is 31.9 Å². The van der Waals surface area contributed by atoms with Crippen LogP contribution in [0.15, 0.2) is 28.3 Å². The topological polar surface area (TPSA) is 95.8 Å². The highest BCUT2D eigenvalue weighted by atomic mass is 16.5. The van der Waals surface area contributed by atoms with E-state index in [1.54, 1.807) is 18.2 Å². The van der Waals surface area contributed by atoms with E-state index in [4.69, 9.17) is 19.6 Å². The van der Waals surface area contributed by atoms with Gasteiger partial charge in [-0.05, 0) is 44.9 Å². The van der Waals surface area contributed by atoms with E-state index >= 15 is 0 Å². The maximum absolute atomic E-state index is 13.1. The van der Waals surface area contributed by atoms with Crippen LogP contribution in [-0.2, 0) is 9.53 Å². The molecule has 0 radical (unpaired) electrons. The van der Waals surface area contributed by atoms with Crippen LogP contribution in [0.1, 0.15) is 55.5 Å². The van der Waals surface area contributed by atoms with Crippen LogP contribution in [-0.4, -0.2) is 84.8 Å². The first-order valence-electron chi connectivity index (χ1n) is 12.4. The molecule has 0 bridgehead atoms. The molecule has 34 heavy (non-hydrogen) atoms. The summed E-state index contributed by atoms with van der Waals surface area (Å²) in [7, 11) is 0. The number of hydrogen-bond donors (Lipinski definition) is 1. The zero-order valence-electron chi connectivity index (χ0n) is 20.0. The number of nitrogens with zero attached hydrogens (tertiary/aromatic N) is 4. The predicted molar refractivity (Wildman–Crippen MR) is 128 cm³/mol. The minimum Gasteiger partial charge on any atom is -0.493 e. The van der Waals surface area contributed by atoms with Crippen LogP contribution >= 0.6 is 0 Å². The second kappa shape index (κ2) is 9.84. The lowest BCUT2D eigenvalue weighted by atomic mass is 10.0. The van der Waals surface area contributed by atoms with E-state index in [9.17, 15) is 9.59 Å². The molecule has 9 nitrogen and oxygen atoms in total. The number of ether oxygens (including phenoxy) is 2. The van der Waals surface area contributed by atoms with Crippen molar-refractivity contribution >= 4 is 23.2 Å². The first kappa shape index (κ1) is 23.0. The van der Waals surface area contributed by atoms with Crippen molar-refractivity contribution in [1.29, 1.82) is 0 Å². The van der Waals surface area contributed by atoms with Gasteiger partial charge in [-0.25, -0.2) is 0 Å². The van der Waals surface area contributed by atoms with E-state index in [0.29, 0.717) is 55.0 Å². The molecular formula is C25H33N5O4. The van der Waals surface area contributed by atoms with Crippen molar-refractivity contribution in [2.24, 2.45) is 16.0 Å². The summed E-state index contributed by atoms with van der Waals surface area (Å²) in [6.07, 6.45) is 4.48. The molecule has 1 amide bonds. The van der Waals surface area contributed by atoms with Gasteiger partial charge in [0.25, 0.3) is 5.91 Å². The number of nitrogens with one attached hydrogen (secondary N) is 1. The maximum atomic E-state index is 13.1. The summed E-state index contributed by atoms with van der Waals surface area (Å²) < 4.78 is 11.2. The van der Waals surface area contributed by atoms with E-state index in [-0.39, 0.29) is 17.9 Å². The van der Waals surface area contributed by atoms with Crippen LogP contribution in [0.25, 0.3) is 0 Å². The molecule has 182 valence electrons. The highest BCUT2D eigenvalue weighted by Crippen LogP contribution is 2.36. The fraction of sp³-hybridized carbons (Fsp3) is 0.600. The van der Waals surface area contributed by atoms with Crippen LogP contribution in [0.3, 0.4) is 0 Å². The number of morpholine rings is 1. The Morgan fingerprint density at radius 2 is 2.00 bits per heavy atom. The van der Waals surface area contributed by atoms with Crippen LogP contribution in [0.5, 0.6) is 5.75 Å². The second-order valence-corrected chi connectivity index (χ2v) is 9.40. The van der Waals surface area contributed by atoms with Gasteiger partial charge < -0.3 is 14.8 Å². The summed E-state index contributed by atoms with van der Waals surface area (Å²) in [6, 6.07) is 4.90. The molecule has 0 spiro atoms. The van der Waals surface area contributed by atoms with Gasteiger partial charge in [-0.3, -0.25) is 24.5 Å². The first-order valence-corrected chi connectivity index (χ1v) is 12.4. The zero-order valence-corrected chi connectivity index (χ0v) is 20.0. The Morgan fingerprint density at radius 1 is 1.24 bits per heavy atom. The lowest BCUT2D eigenvalue weighted by molar-refractivity contribution is -0.124. The van der Waals surface area contributed by atoms with Crippen molar-refractivity contribution in [1.82, 2.24) is 15.2 Å². The Labute approximate surface area is 200 Å². The van der Waals surface area contributed by atoms with Gasteiger partial charge in [-0.15, -0.1) is 0 Å². The highest BCUT2D eigenvalue weighted by molar-refractivity contribution is 6.19. The average molecular weight is 468 g/mol. The number of amides is 1. The number of hydrogen-bond acceptors (Lipinski definition) is 8. The smallest absolute Gasteiger partial charge is 0.255 e. The number of hydrazone groups is 1. The molecule has 1 saturated heterocycles. The van der Waals surface area contributed by atoms with E-state index in [1.807, 2.05) is 18.9 Å². The fourth-order valence-corrected chi connectivity index (χ4v) is 5.36. The molecular weight excluding hydrogens is 434 g/mol. The maximum Gasteiger partial charge on any atom is 0.255 e. The molecule has 1 N–H and O–H groups in total. The monoisotopic (exact) mass is 467 g/mol. The van der Waals surface area contributed by atoms with Crippen molar-refractivity contribution in [3.63, 3.8) is 0 Å². The first-order chi connectivity index (χ1) is 16.5. The molecule has 9 heteroatoms. The van der Waals surface area contributed by atoms with Gasteiger partial charge >= 0.3 is 0 Å². The number of amidine groups is 1. The number of carbonyl (C=O) groups excluding carboxylic acids is 2. The predicted octanol–water partition coefficient (Wildman–Crippen LogP) is 2.05. The number of aliphatic imine (C=N–C) groups is 1. The lowest BCUT2D eigenvalue weighted by Crippen LogP contribution is -2.55. The summed E-state index contributed by atoms with van der Waals surface area (Å²) in [5.41, 5.74) is 2.00. The molecule has 0 aromatic heterocycles. The summed E-state index contributed by atoms with van der Waals surface area (Å²) in [5.74, 6) is 1.30. The van der Waals surface area contributed by atoms with Crippen LogP contribution in [0, 0.1) is 5.92 Å². The molecule has 2 unspecified atom stereocenters. The van der Waals surface area contributed by atoms with Gasteiger partial charge in [0.2, 0.25) is 0 Å². The van der Waals surface area contributed by atoms with Crippen molar-refractivity contribution in [3.8, 4) is 5.75 Å². The Hall–Kier alpha value is -2.78. The fourth-order valence-electron chi connectivity index (χ4n) is 5.36. The normalized spacial score (nSPS) is 25.6. The Morgan fingerprint density at radius 3 is 2.74 bits per heavy atom. The van der Waals surface area contributed by atoms with E-state index in [0.717, 1.165) is 31.6 Å². The number of Topliss-reactive ketones (excluding diaryl/α,β-unsaturated/α-hetero) is 1. The number of carbonyl (C=O) groups is 2. The molecule has 1 aliphatic carbocycles. The zero-order chi connectivity index (χ0) is 23.7. The lowest BCUT2D eigenvalue weighted by Gasteiger charge is -2.33. The number of fused-ring (bicyclic) bond motifs is 1. The molecule has 3 aliphatic heterocycles. The minimum absolute atomic E-state index is 0.0241. The Bertz CT molecular complexity index is 1010. The average Bonchev–Trinajstić information content (AvgIpc) is 3.48. The highest BCUT2D eigenvalue weighted by Gasteiger charge is 2.45. The molecule has 1 aromatic rings. The van der Waals surface area contributed by atoms with E-state index < -0.39 is 6.04 Å². The Kier molecular flexibility index (Phi) is 6.65. The van der Waals surface area contributed by atoms with Gasteiger partial charge in [0.15, 0.2) is 17.7 Å². The molecule has 3 heterocycles. The van der Waals surface area contributed by atoms with Gasteiger partial charge in [-0.1, -0.05) is 12.8 Å². The quantitative estimate of drug-likeness (QED) is 0.617. The summed E-state index contributed by atoms with van der Waals surface area (Å²) in [6.45, 7) is 7.40. The molecule has 4 aliphatic rings. The summed E-state index contributed by atoms with van der Waals surface area (Å²) >= 11 is 0.